The zero-order valence-corrected chi connectivity index (χ0v) is 16.7. The zero-order chi connectivity index (χ0) is 20.5. The fourth-order valence-corrected chi connectivity index (χ4v) is 3.52. The second-order valence-corrected chi connectivity index (χ2v) is 7.27. The van der Waals surface area contributed by atoms with E-state index < -0.39 is 11.8 Å². The molecule has 0 saturated carbocycles. The van der Waals surface area contributed by atoms with E-state index in [2.05, 4.69) is 25.3 Å². The first kappa shape index (κ1) is 21.5. The van der Waals surface area contributed by atoms with Gasteiger partial charge in [-0.05, 0) is 24.3 Å². The quantitative estimate of drug-likeness (QED) is 0.595. The third-order valence-electron chi connectivity index (χ3n) is 5.30. The highest BCUT2D eigenvalue weighted by molar-refractivity contribution is 6.35. The van der Waals surface area contributed by atoms with E-state index in [1.165, 1.54) is 12.1 Å². The Balaban J connectivity index is 1.26. The van der Waals surface area contributed by atoms with E-state index in [-0.39, 0.29) is 5.82 Å². The number of carbonyl (C=O) groups is 2. The monoisotopic (exact) mass is 407 g/mol. The fourth-order valence-electron chi connectivity index (χ4n) is 3.52. The molecular formula is C20H30FN5O3. The summed E-state index contributed by atoms with van der Waals surface area (Å²) < 4.78 is 18.3. The first-order valence-corrected chi connectivity index (χ1v) is 10.2. The van der Waals surface area contributed by atoms with Gasteiger partial charge in [0, 0.05) is 71.1 Å². The molecule has 0 radical (unpaired) electrons. The molecule has 8 nitrogen and oxygen atoms in total. The number of piperazine rings is 1. The number of nitrogens with one attached hydrogen (secondary N) is 2. The van der Waals surface area contributed by atoms with Crippen LogP contribution in [-0.4, -0.2) is 100 Å². The molecule has 2 aliphatic rings. The van der Waals surface area contributed by atoms with Crippen molar-refractivity contribution in [1.82, 2.24) is 20.4 Å². The molecule has 0 bridgehead atoms. The minimum absolute atomic E-state index is 0.228. The van der Waals surface area contributed by atoms with Crippen molar-refractivity contribution >= 4 is 17.5 Å². The molecule has 0 spiro atoms. The molecule has 0 aliphatic carbocycles. The molecule has 2 saturated heterocycles. The summed E-state index contributed by atoms with van der Waals surface area (Å²) in [4.78, 5) is 30.5. The number of nitrogens with zero attached hydrogens (tertiary/aromatic N) is 3. The van der Waals surface area contributed by atoms with Gasteiger partial charge in [-0.15, -0.1) is 0 Å². The maximum absolute atomic E-state index is 13.0. The Labute approximate surface area is 171 Å². The fraction of sp³-hybridized carbons (Fsp3) is 0.600. The molecule has 2 aliphatic heterocycles. The lowest BCUT2D eigenvalue weighted by atomic mass is 10.2. The highest BCUT2D eigenvalue weighted by atomic mass is 19.1. The number of rotatable bonds is 7. The number of ether oxygens (including phenoxy) is 1. The Morgan fingerprint density at radius 3 is 1.90 bits per heavy atom. The maximum Gasteiger partial charge on any atom is 0.309 e. The molecular weight excluding hydrogens is 377 g/mol. The van der Waals surface area contributed by atoms with Gasteiger partial charge in [-0.1, -0.05) is 0 Å². The number of morpholine rings is 1. The largest absolute Gasteiger partial charge is 0.379 e. The molecule has 3 rings (SSSR count). The van der Waals surface area contributed by atoms with Crippen LogP contribution in [0.1, 0.15) is 0 Å². The van der Waals surface area contributed by atoms with Crippen molar-refractivity contribution < 1.29 is 18.7 Å². The van der Waals surface area contributed by atoms with Crippen LogP contribution in [0.3, 0.4) is 0 Å². The second kappa shape index (κ2) is 11.1. The standard InChI is InChI=1S/C20H30FN5O3/c21-17-1-3-18(4-2-17)26-11-9-24(10-12-26)7-5-22-19(27)20(28)23-6-8-25-13-15-29-16-14-25/h1-4H,5-16H2,(H,22,27)(H,23,28). The highest BCUT2D eigenvalue weighted by Gasteiger charge is 2.18. The molecule has 0 atom stereocenters. The van der Waals surface area contributed by atoms with E-state index in [0.717, 1.165) is 51.5 Å². The van der Waals surface area contributed by atoms with Crippen LogP contribution in [0.4, 0.5) is 10.1 Å². The van der Waals surface area contributed by atoms with Crippen molar-refractivity contribution in [3.63, 3.8) is 0 Å². The first-order chi connectivity index (χ1) is 14.1. The molecule has 0 aromatic heterocycles. The molecule has 2 amide bonds. The number of hydrogen-bond donors (Lipinski definition) is 2. The second-order valence-electron chi connectivity index (χ2n) is 7.27. The van der Waals surface area contributed by atoms with E-state index >= 15 is 0 Å². The van der Waals surface area contributed by atoms with E-state index in [0.29, 0.717) is 32.8 Å². The average Bonchev–Trinajstić information content (AvgIpc) is 2.75. The molecule has 2 heterocycles. The van der Waals surface area contributed by atoms with Crippen molar-refractivity contribution in [2.75, 3.05) is 83.6 Å². The summed E-state index contributed by atoms with van der Waals surface area (Å²) in [6.45, 7) is 8.88. The van der Waals surface area contributed by atoms with Crippen LogP contribution in [0.2, 0.25) is 0 Å². The Hall–Kier alpha value is -2.23. The first-order valence-electron chi connectivity index (χ1n) is 10.2. The molecule has 2 N–H and O–H groups in total. The number of carbonyl (C=O) groups excluding carboxylic acids is 2. The van der Waals surface area contributed by atoms with Gasteiger partial charge in [-0.25, -0.2) is 4.39 Å². The molecule has 160 valence electrons. The zero-order valence-electron chi connectivity index (χ0n) is 16.7. The molecule has 2 fully saturated rings. The van der Waals surface area contributed by atoms with Crippen molar-refractivity contribution in [2.45, 2.75) is 0 Å². The van der Waals surface area contributed by atoms with Crippen LogP contribution in [0.15, 0.2) is 24.3 Å². The molecule has 1 aromatic carbocycles. The smallest absolute Gasteiger partial charge is 0.309 e. The lowest BCUT2D eigenvalue weighted by Gasteiger charge is -2.36. The predicted octanol–water partition coefficient (Wildman–Crippen LogP) is -0.488. The number of amides is 2. The normalized spacial score (nSPS) is 18.4. The lowest BCUT2D eigenvalue weighted by molar-refractivity contribution is -0.139. The lowest BCUT2D eigenvalue weighted by Crippen LogP contribution is -2.50. The SMILES string of the molecule is O=C(NCCN1CCOCC1)C(=O)NCCN1CCN(c2ccc(F)cc2)CC1. The van der Waals surface area contributed by atoms with E-state index in [1.54, 1.807) is 12.1 Å². The predicted molar refractivity (Wildman–Crippen MR) is 108 cm³/mol. The summed E-state index contributed by atoms with van der Waals surface area (Å²) in [6, 6.07) is 6.54. The van der Waals surface area contributed by atoms with Crippen molar-refractivity contribution in [3.8, 4) is 0 Å². The van der Waals surface area contributed by atoms with Gasteiger partial charge in [-0.2, -0.15) is 0 Å². The highest BCUT2D eigenvalue weighted by Crippen LogP contribution is 2.16. The van der Waals surface area contributed by atoms with Gasteiger partial charge in [0.1, 0.15) is 5.82 Å². The maximum atomic E-state index is 13.0. The van der Waals surface area contributed by atoms with E-state index in [9.17, 15) is 14.0 Å². The number of anilines is 1. The van der Waals surface area contributed by atoms with Crippen LogP contribution in [0.25, 0.3) is 0 Å². The topological polar surface area (TPSA) is 77.1 Å². The van der Waals surface area contributed by atoms with Crippen LogP contribution in [0, 0.1) is 5.82 Å². The molecule has 1 aromatic rings. The molecule has 0 unspecified atom stereocenters. The Bertz CT molecular complexity index is 659. The summed E-state index contributed by atoms with van der Waals surface area (Å²) in [5, 5.41) is 5.35. The summed E-state index contributed by atoms with van der Waals surface area (Å²) in [5.41, 5.74) is 1.02. The van der Waals surface area contributed by atoms with Crippen molar-refractivity contribution in [2.24, 2.45) is 0 Å². The van der Waals surface area contributed by atoms with Gasteiger partial charge < -0.3 is 20.3 Å². The summed E-state index contributed by atoms with van der Waals surface area (Å²) in [7, 11) is 0. The minimum Gasteiger partial charge on any atom is -0.379 e. The summed E-state index contributed by atoms with van der Waals surface area (Å²) >= 11 is 0. The number of halogens is 1. The van der Waals surface area contributed by atoms with Crippen molar-refractivity contribution in [3.05, 3.63) is 30.1 Å². The van der Waals surface area contributed by atoms with Crippen LogP contribution in [-0.2, 0) is 14.3 Å². The van der Waals surface area contributed by atoms with E-state index in [4.69, 9.17) is 4.74 Å². The van der Waals surface area contributed by atoms with Crippen LogP contribution in [0.5, 0.6) is 0 Å². The van der Waals surface area contributed by atoms with Gasteiger partial charge in [0.25, 0.3) is 0 Å². The third-order valence-corrected chi connectivity index (χ3v) is 5.30. The average molecular weight is 407 g/mol. The Morgan fingerprint density at radius 2 is 1.34 bits per heavy atom. The Morgan fingerprint density at radius 1 is 0.828 bits per heavy atom. The van der Waals surface area contributed by atoms with Gasteiger partial charge in [0.05, 0.1) is 13.2 Å². The molecule has 29 heavy (non-hydrogen) atoms. The number of hydrogen-bond acceptors (Lipinski definition) is 6. The van der Waals surface area contributed by atoms with Crippen molar-refractivity contribution in [1.29, 1.82) is 0 Å². The van der Waals surface area contributed by atoms with Gasteiger partial charge in [0.2, 0.25) is 0 Å². The minimum atomic E-state index is -0.586. The third kappa shape index (κ3) is 6.95. The van der Waals surface area contributed by atoms with Gasteiger partial charge >= 0.3 is 11.8 Å². The van der Waals surface area contributed by atoms with Crippen LogP contribution < -0.4 is 15.5 Å². The molecule has 9 heteroatoms. The number of benzene rings is 1. The summed E-state index contributed by atoms with van der Waals surface area (Å²) in [6.07, 6.45) is 0. The van der Waals surface area contributed by atoms with E-state index in [1.807, 2.05) is 0 Å². The summed E-state index contributed by atoms with van der Waals surface area (Å²) in [5.74, 6) is -1.40. The van der Waals surface area contributed by atoms with Crippen LogP contribution >= 0.6 is 0 Å². The van der Waals surface area contributed by atoms with Gasteiger partial charge in [-0.3, -0.25) is 19.4 Å². The van der Waals surface area contributed by atoms with Gasteiger partial charge in [0.15, 0.2) is 0 Å². The Kier molecular flexibility index (Phi) is 8.21.